The van der Waals surface area contributed by atoms with Gasteiger partial charge in [-0.25, -0.2) is 4.98 Å². The summed E-state index contributed by atoms with van der Waals surface area (Å²) in [5.41, 5.74) is 1.55. The average molecular weight is 448 g/mol. The maximum atomic E-state index is 12.9. The van der Waals surface area contributed by atoms with E-state index in [2.05, 4.69) is 10.3 Å². The highest BCUT2D eigenvalue weighted by molar-refractivity contribution is 7.22. The van der Waals surface area contributed by atoms with Gasteiger partial charge < -0.3 is 4.74 Å². The molecular weight excluding hydrogens is 426 g/mol. The lowest BCUT2D eigenvalue weighted by atomic mass is 9.85. The van der Waals surface area contributed by atoms with Crippen molar-refractivity contribution in [3.63, 3.8) is 0 Å². The van der Waals surface area contributed by atoms with Crippen molar-refractivity contribution < 1.29 is 19.1 Å². The van der Waals surface area contributed by atoms with Gasteiger partial charge in [-0.2, -0.15) is 0 Å². The Balaban J connectivity index is 1.36. The van der Waals surface area contributed by atoms with Gasteiger partial charge in [-0.15, -0.1) is 0 Å². The number of benzene rings is 2. The summed E-state index contributed by atoms with van der Waals surface area (Å²) < 4.78 is 6.42. The number of carbonyl (C=O) groups excluding carboxylic acids is 3. The number of aromatic nitrogens is 1. The first kappa shape index (κ1) is 20.4. The SMILES string of the molecule is CCOc1ccc2nc(NC(=O)c3cccc(N4C(=O)[C@H]5CC=CC[C@H]5C4=O)c3)sc2c1. The summed E-state index contributed by atoms with van der Waals surface area (Å²) in [5.74, 6) is -0.612. The maximum absolute atomic E-state index is 12.9. The van der Waals surface area contributed by atoms with Crippen molar-refractivity contribution in [2.75, 3.05) is 16.8 Å². The molecule has 1 aliphatic heterocycles. The fourth-order valence-corrected chi connectivity index (χ4v) is 5.11. The van der Waals surface area contributed by atoms with Crippen LogP contribution in [0.15, 0.2) is 54.6 Å². The third-order valence-corrected chi connectivity index (χ3v) is 6.70. The summed E-state index contributed by atoms with van der Waals surface area (Å²) >= 11 is 1.36. The second-order valence-electron chi connectivity index (χ2n) is 7.75. The van der Waals surface area contributed by atoms with Crippen LogP contribution in [0.5, 0.6) is 5.75 Å². The van der Waals surface area contributed by atoms with Crippen molar-refractivity contribution in [3.8, 4) is 5.75 Å². The van der Waals surface area contributed by atoms with Crippen LogP contribution in [0.3, 0.4) is 0 Å². The van der Waals surface area contributed by atoms with Gasteiger partial charge in [-0.05, 0) is 56.2 Å². The second kappa shape index (κ2) is 8.20. The molecule has 0 bridgehead atoms. The van der Waals surface area contributed by atoms with Crippen molar-refractivity contribution in [2.45, 2.75) is 19.8 Å². The Morgan fingerprint density at radius 1 is 1.12 bits per heavy atom. The number of allylic oxidation sites excluding steroid dienone is 2. The Labute approximate surface area is 188 Å². The van der Waals surface area contributed by atoms with Crippen molar-refractivity contribution >= 4 is 50.1 Å². The zero-order chi connectivity index (χ0) is 22.2. The number of hydrogen-bond donors (Lipinski definition) is 1. The van der Waals surface area contributed by atoms with Crippen LogP contribution in [0.1, 0.15) is 30.1 Å². The smallest absolute Gasteiger partial charge is 0.257 e. The molecular formula is C24H21N3O4S. The number of anilines is 2. The van der Waals surface area contributed by atoms with Crippen molar-refractivity contribution in [3.05, 3.63) is 60.2 Å². The van der Waals surface area contributed by atoms with Crippen LogP contribution < -0.4 is 15.0 Å². The molecule has 1 fully saturated rings. The minimum absolute atomic E-state index is 0.196. The van der Waals surface area contributed by atoms with Gasteiger partial charge in [0.1, 0.15) is 5.75 Å². The first-order chi connectivity index (χ1) is 15.5. The van der Waals surface area contributed by atoms with E-state index in [0.717, 1.165) is 16.0 Å². The number of carbonyl (C=O) groups is 3. The van der Waals surface area contributed by atoms with E-state index >= 15 is 0 Å². The van der Waals surface area contributed by atoms with E-state index in [9.17, 15) is 14.4 Å². The molecule has 2 aromatic carbocycles. The van der Waals surface area contributed by atoms with Crippen LogP contribution in [0.25, 0.3) is 10.2 Å². The van der Waals surface area contributed by atoms with Crippen LogP contribution in [0.2, 0.25) is 0 Å². The summed E-state index contributed by atoms with van der Waals surface area (Å²) in [4.78, 5) is 44.3. The molecule has 3 amide bonds. The van der Waals surface area contributed by atoms with E-state index < -0.39 is 0 Å². The van der Waals surface area contributed by atoms with Gasteiger partial charge in [0, 0.05) is 5.56 Å². The largest absolute Gasteiger partial charge is 0.494 e. The Morgan fingerprint density at radius 3 is 2.59 bits per heavy atom. The van der Waals surface area contributed by atoms with E-state index in [1.807, 2.05) is 37.3 Å². The van der Waals surface area contributed by atoms with Crippen molar-refractivity contribution in [1.29, 1.82) is 0 Å². The number of fused-ring (bicyclic) bond motifs is 2. The molecule has 2 heterocycles. The molecule has 0 spiro atoms. The number of ether oxygens (including phenoxy) is 1. The quantitative estimate of drug-likeness (QED) is 0.463. The van der Waals surface area contributed by atoms with Gasteiger partial charge in [0.2, 0.25) is 11.8 Å². The predicted molar refractivity (Wildman–Crippen MR) is 123 cm³/mol. The lowest BCUT2D eigenvalue weighted by Crippen LogP contribution is -2.31. The molecule has 1 aliphatic carbocycles. The molecule has 0 radical (unpaired) electrons. The van der Waals surface area contributed by atoms with E-state index in [0.29, 0.717) is 35.8 Å². The van der Waals surface area contributed by atoms with Crippen molar-refractivity contribution in [2.24, 2.45) is 11.8 Å². The first-order valence-electron chi connectivity index (χ1n) is 10.5. The van der Waals surface area contributed by atoms with Gasteiger partial charge in [0.25, 0.3) is 5.91 Å². The Bertz CT molecular complexity index is 1240. The average Bonchev–Trinajstić information content (AvgIpc) is 3.31. The van der Waals surface area contributed by atoms with Gasteiger partial charge in [0.05, 0.1) is 34.3 Å². The van der Waals surface area contributed by atoms with Gasteiger partial charge >= 0.3 is 0 Å². The second-order valence-corrected chi connectivity index (χ2v) is 8.78. The number of rotatable bonds is 5. The fourth-order valence-electron chi connectivity index (χ4n) is 4.23. The summed E-state index contributed by atoms with van der Waals surface area (Å²) in [7, 11) is 0. The van der Waals surface area contributed by atoms with Crippen LogP contribution in [-0.2, 0) is 9.59 Å². The first-order valence-corrected chi connectivity index (χ1v) is 11.3. The number of nitrogens with one attached hydrogen (secondary N) is 1. The van der Waals surface area contributed by atoms with Gasteiger partial charge in [-0.3, -0.25) is 24.6 Å². The van der Waals surface area contributed by atoms with E-state index in [1.165, 1.54) is 16.2 Å². The summed E-state index contributed by atoms with van der Waals surface area (Å²) in [6, 6.07) is 12.2. The zero-order valence-electron chi connectivity index (χ0n) is 17.4. The van der Waals surface area contributed by atoms with Gasteiger partial charge in [-0.1, -0.05) is 29.6 Å². The molecule has 1 aromatic heterocycles. The molecule has 2 aliphatic rings. The minimum atomic E-state index is -0.353. The molecule has 5 rings (SSSR count). The van der Waals surface area contributed by atoms with Crippen LogP contribution in [0.4, 0.5) is 10.8 Å². The van der Waals surface area contributed by atoms with Crippen molar-refractivity contribution in [1.82, 2.24) is 4.98 Å². The Morgan fingerprint density at radius 2 is 1.88 bits per heavy atom. The standard InChI is InChI=1S/C24H21N3O4S/c1-2-31-16-10-11-19-20(13-16)32-24(25-19)26-21(28)14-6-5-7-15(12-14)27-22(29)17-8-3-4-9-18(17)23(27)30/h3-7,10-13,17-18H,2,8-9H2,1H3,(H,25,26,28)/t17-,18+. The molecule has 32 heavy (non-hydrogen) atoms. The Hall–Kier alpha value is -3.52. The van der Waals surface area contributed by atoms with E-state index in [1.54, 1.807) is 24.3 Å². The maximum Gasteiger partial charge on any atom is 0.257 e. The molecule has 1 saturated heterocycles. The molecule has 8 heteroatoms. The third-order valence-electron chi connectivity index (χ3n) is 5.77. The number of amides is 3. The normalized spacial score (nSPS) is 20.0. The molecule has 0 saturated carbocycles. The minimum Gasteiger partial charge on any atom is -0.494 e. The lowest BCUT2D eigenvalue weighted by molar-refractivity contribution is -0.122. The summed E-state index contributed by atoms with van der Waals surface area (Å²) in [6.07, 6.45) is 5.06. The van der Waals surface area contributed by atoms with E-state index in [4.69, 9.17) is 4.74 Å². The monoisotopic (exact) mass is 447 g/mol. The molecule has 1 N–H and O–H groups in total. The van der Waals surface area contributed by atoms with Crippen LogP contribution >= 0.6 is 11.3 Å². The topological polar surface area (TPSA) is 88.6 Å². The number of nitrogens with zero attached hydrogens (tertiary/aromatic N) is 2. The highest BCUT2D eigenvalue weighted by atomic mass is 32.1. The number of imide groups is 1. The summed E-state index contributed by atoms with van der Waals surface area (Å²) in [5, 5.41) is 3.29. The zero-order valence-corrected chi connectivity index (χ0v) is 18.2. The number of thiazole rings is 1. The lowest BCUT2D eigenvalue weighted by Gasteiger charge is -2.15. The Kier molecular flexibility index (Phi) is 5.22. The van der Waals surface area contributed by atoms with Crippen LogP contribution in [0, 0.1) is 11.8 Å². The molecule has 0 unspecified atom stereocenters. The highest BCUT2D eigenvalue weighted by Gasteiger charge is 2.47. The number of hydrogen-bond acceptors (Lipinski definition) is 6. The third kappa shape index (κ3) is 3.56. The highest BCUT2D eigenvalue weighted by Crippen LogP contribution is 2.38. The summed E-state index contributed by atoms with van der Waals surface area (Å²) in [6.45, 7) is 2.50. The molecule has 162 valence electrons. The predicted octanol–water partition coefficient (Wildman–Crippen LogP) is 4.40. The van der Waals surface area contributed by atoms with Crippen LogP contribution in [-0.4, -0.2) is 29.3 Å². The molecule has 3 aromatic rings. The molecule has 2 atom stereocenters. The molecule has 7 nitrogen and oxygen atoms in total. The van der Waals surface area contributed by atoms with Gasteiger partial charge in [0.15, 0.2) is 5.13 Å². The van der Waals surface area contributed by atoms with E-state index in [-0.39, 0.29) is 29.6 Å². The fraction of sp³-hybridized carbons (Fsp3) is 0.250.